The summed E-state index contributed by atoms with van der Waals surface area (Å²) >= 11 is 6.36. The lowest BCUT2D eigenvalue weighted by Crippen LogP contribution is -2.32. The largest absolute Gasteiger partial charge is 0.473 e. The second kappa shape index (κ2) is 10.1. The Balaban J connectivity index is 1.64. The van der Waals surface area contributed by atoms with Crippen LogP contribution in [0.3, 0.4) is 0 Å². The Morgan fingerprint density at radius 1 is 1.00 bits per heavy atom. The lowest BCUT2D eigenvalue weighted by Gasteiger charge is -2.17. The zero-order valence-corrected chi connectivity index (χ0v) is 21.3. The number of carbonyl (C=O) groups is 1. The SMILES string of the molecule is CC(Oc1c(-c2ccccc2Cl)oc2ccccc2c1=O)C(=O)Nc1ccc(S(=O)(=O)N(C)C)cc1. The van der Waals surface area contributed by atoms with Gasteiger partial charge in [-0.05, 0) is 55.5 Å². The molecule has 0 radical (unpaired) electrons. The molecule has 4 aromatic rings. The van der Waals surface area contributed by atoms with Crippen molar-refractivity contribution in [2.75, 3.05) is 19.4 Å². The molecule has 1 heterocycles. The Kier molecular flexibility index (Phi) is 7.16. The number of fused-ring (bicyclic) bond motifs is 1. The van der Waals surface area contributed by atoms with E-state index in [4.69, 9.17) is 20.8 Å². The molecular formula is C26H23ClN2O6S. The maximum atomic E-state index is 13.3. The maximum absolute atomic E-state index is 13.3. The average Bonchev–Trinajstić information content (AvgIpc) is 2.86. The molecule has 8 nitrogen and oxygen atoms in total. The number of anilines is 1. The first-order chi connectivity index (χ1) is 17.1. The van der Waals surface area contributed by atoms with Gasteiger partial charge in [-0.25, -0.2) is 12.7 Å². The summed E-state index contributed by atoms with van der Waals surface area (Å²) in [4.78, 5) is 26.3. The van der Waals surface area contributed by atoms with Crippen molar-refractivity contribution in [3.8, 4) is 17.1 Å². The third-order valence-electron chi connectivity index (χ3n) is 5.44. The maximum Gasteiger partial charge on any atom is 0.265 e. The second-order valence-electron chi connectivity index (χ2n) is 8.13. The molecule has 1 unspecified atom stereocenters. The normalized spacial score (nSPS) is 12.5. The van der Waals surface area contributed by atoms with Crippen LogP contribution in [0.25, 0.3) is 22.3 Å². The number of rotatable bonds is 7. The highest BCUT2D eigenvalue weighted by molar-refractivity contribution is 7.89. The highest BCUT2D eigenvalue weighted by Crippen LogP contribution is 2.35. The summed E-state index contributed by atoms with van der Waals surface area (Å²) in [5, 5.41) is 3.32. The topological polar surface area (TPSA) is 106 Å². The Bertz CT molecular complexity index is 1600. The second-order valence-corrected chi connectivity index (χ2v) is 10.7. The van der Waals surface area contributed by atoms with Gasteiger partial charge in [0.25, 0.3) is 5.91 Å². The Labute approximate surface area is 213 Å². The van der Waals surface area contributed by atoms with Crippen molar-refractivity contribution >= 4 is 44.2 Å². The number of hydrogen-bond acceptors (Lipinski definition) is 6. The first-order valence-electron chi connectivity index (χ1n) is 10.9. The van der Waals surface area contributed by atoms with Gasteiger partial charge in [0.2, 0.25) is 21.2 Å². The number of halogens is 1. The minimum atomic E-state index is -3.60. The van der Waals surface area contributed by atoms with Crippen LogP contribution in [0.2, 0.25) is 5.02 Å². The molecule has 1 atom stereocenters. The van der Waals surface area contributed by atoms with Crippen LogP contribution in [-0.2, 0) is 14.8 Å². The molecule has 0 aliphatic carbocycles. The van der Waals surface area contributed by atoms with Crippen molar-refractivity contribution in [3.63, 3.8) is 0 Å². The fourth-order valence-corrected chi connectivity index (χ4v) is 4.57. The van der Waals surface area contributed by atoms with Crippen LogP contribution < -0.4 is 15.5 Å². The van der Waals surface area contributed by atoms with E-state index in [2.05, 4.69) is 5.32 Å². The molecule has 1 N–H and O–H groups in total. The van der Waals surface area contributed by atoms with Gasteiger partial charge in [-0.2, -0.15) is 0 Å². The van der Waals surface area contributed by atoms with Crippen LogP contribution in [0.5, 0.6) is 5.75 Å². The fraction of sp³-hybridized carbons (Fsp3) is 0.154. The van der Waals surface area contributed by atoms with Crippen molar-refractivity contribution in [2.45, 2.75) is 17.9 Å². The van der Waals surface area contributed by atoms with E-state index in [1.807, 2.05) is 0 Å². The lowest BCUT2D eigenvalue weighted by atomic mass is 10.1. The zero-order chi connectivity index (χ0) is 26.0. The van der Waals surface area contributed by atoms with E-state index in [9.17, 15) is 18.0 Å². The summed E-state index contributed by atoms with van der Waals surface area (Å²) < 4.78 is 37.4. The third kappa shape index (κ3) is 4.99. The van der Waals surface area contributed by atoms with E-state index < -0.39 is 27.5 Å². The van der Waals surface area contributed by atoms with Crippen molar-refractivity contribution in [1.29, 1.82) is 0 Å². The predicted molar refractivity (Wildman–Crippen MR) is 139 cm³/mol. The van der Waals surface area contributed by atoms with Crippen molar-refractivity contribution in [3.05, 3.63) is 88.0 Å². The van der Waals surface area contributed by atoms with Gasteiger partial charge < -0.3 is 14.5 Å². The molecule has 0 aliphatic rings. The molecule has 0 spiro atoms. The Morgan fingerprint density at radius 2 is 1.64 bits per heavy atom. The van der Waals surface area contributed by atoms with Crippen LogP contribution in [-0.4, -0.2) is 38.8 Å². The molecule has 0 saturated heterocycles. The summed E-state index contributed by atoms with van der Waals surface area (Å²) in [6.07, 6.45) is -1.10. The number of benzene rings is 3. The number of nitrogens with zero attached hydrogens (tertiary/aromatic N) is 1. The highest BCUT2D eigenvalue weighted by Gasteiger charge is 2.24. The number of sulfonamides is 1. The third-order valence-corrected chi connectivity index (χ3v) is 7.60. The molecule has 186 valence electrons. The quantitative estimate of drug-likeness (QED) is 0.372. The number of nitrogens with one attached hydrogen (secondary N) is 1. The van der Waals surface area contributed by atoms with Gasteiger partial charge in [0.1, 0.15) is 5.58 Å². The summed E-state index contributed by atoms with van der Waals surface area (Å²) in [5.41, 5.74) is 0.728. The Hall–Kier alpha value is -3.66. The molecule has 0 bridgehead atoms. The molecule has 1 aromatic heterocycles. The van der Waals surface area contributed by atoms with Gasteiger partial charge in [0.05, 0.1) is 15.3 Å². The van der Waals surface area contributed by atoms with Gasteiger partial charge in [-0.3, -0.25) is 9.59 Å². The van der Waals surface area contributed by atoms with Crippen molar-refractivity contribution in [1.82, 2.24) is 4.31 Å². The van der Waals surface area contributed by atoms with Crippen LogP contribution in [0, 0.1) is 0 Å². The predicted octanol–water partition coefficient (Wildman–Crippen LogP) is 4.77. The van der Waals surface area contributed by atoms with Crippen LogP contribution in [0.15, 0.2) is 86.9 Å². The summed E-state index contributed by atoms with van der Waals surface area (Å²) in [6, 6.07) is 19.3. The molecular weight excluding hydrogens is 504 g/mol. The van der Waals surface area contributed by atoms with Gasteiger partial charge in [-0.1, -0.05) is 35.9 Å². The Morgan fingerprint density at radius 3 is 2.31 bits per heavy atom. The number of ether oxygens (including phenoxy) is 1. The molecule has 10 heteroatoms. The molecule has 0 saturated carbocycles. The molecule has 4 rings (SSSR count). The molecule has 0 fully saturated rings. The molecule has 3 aromatic carbocycles. The number of hydrogen-bond donors (Lipinski definition) is 1. The van der Waals surface area contributed by atoms with E-state index in [1.165, 1.54) is 45.3 Å². The zero-order valence-electron chi connectivity index (χ0n) is 19.7. The average molecular weight is 527 g/mol. The van der Waals surface area contributed by atoms with E-state index in [0.717, 1.165) is 4.31 Å². The number of amides is 1. The minimum Gasteiger partial charge on any atom is -0.473 e. The number of carbonyl (C=O) groups excluding carboxylic acids is 1. The van der Waals surface area contributed by atoms with Crippen LogP contribution in [0.4, 0.5) is 5.69 Å². The summed E-state index contributed by atoms with van der Waals surface area (Å²) in [5.74, 6) is -0.574. The lowest BCUT2D eigenvalue weighted by molar-refractivity contribution is -0.122. The van der Waals surface area contributed by atoms with E-state index in [0.29, 0.717) is 27.2 Å². The number of para-hydroxylation sites is 1. The highest BCUT2D eigenvalue weighted by atomic mass is 35.5. The van der Waals surface area contributed by atoms with E-state index in [-0.39, 0.29) is 16.4 Å². The van der Waals surface area contributed by atoms with Gasteiger partial charge in [0, 0.05) is 25.3 Å². The molecule has 36 heavy (non-hydrogen) atoms. The first kappa shape index (κ1) is 25.4. The van der Waals surface area contributed by atoms with Gasteiger partial charge in [0.15, 0.2) is 11.9 Å². The minimum absolute atomic E-state index is 0.0907. The molecule has 1 amide bonds. The smallest absolute Gasteiger partial charge is 0.265 e. The van der Waals surface area contributed by atoms with Crippen LogP contribution >= 0.6 is 11.6 Å². The van der Waals surface area contributed by atoms with Crippen molar-refractivity contribution < 1.29 is 22.4 Å². The van der Waals surface area contributed by atoms with Crippen molar-refractivity contribution in [2.24, 2.45) is 0 Å². The summed E-state index contributed by atoms with van der Waals surface area (Å²) in [6.45, 7) is 1.49. The summed E-state index contributed by atoms with van der Waals surface area (Å²) in [7, 11) is -0.727. The van der Waals surface area contributed by atoms with Gasteiger partial charge >= 0.3 is 0 Å². The fourth-order valence-electron chi connectivity index (χ4n) is 3.45. The first-order valence-corrected chi connectivity index (χ1v) is 12.7. The van der Waals surface area contributed by atoms with E-state index in [1.54, 1.807) is 48.5 Å². The van der Waals surface area contributed by atoms with E-state index >= 15 is 0 Å². The monoisotopic (exact) mass is 526 g/mol. The standard InChI is InChI=1S/C26H23ClN2O6S/c1-16(26(31)28-17-12-14-18(15-13-17)36(32,33)29(2)3)34-25-23(30)20-9-5-7-11-22(20)35-24(25)19-8-4-6-10-21(19)27/h4-16H,1-3H3,(H,28,31). The van der Waals surface area contributed by atoms with Gasteiger partial charge in [-0.15, -0.1) is 0 Å². The molecule has 0 aliphatic heterocycles. The van der Waals surface area contributed by atoms with Crippen LogP contribution in [0.1, 0.15) is 6.92 Å².